The van der Waals surface area contributed by atoms with Crippen LogP contribution >= 0.6 is 0 Å². The lowest BCUT2D eigenvalue weighted by Gasteiger charge is -2.22. The van der Waals surface area contributed by atoms with Crippen molar-refractivity contribution in [3.05, 3.63) is 36.4 Å². The summed E-state index contributed by atoms with van der Waals surface area (Å²) >= 11 is 0. The molecule has 0 radical (unpaired) electrons. The minimum atomic E-state index is 0.477. The second-order valence-corrected chi connectivity index (χ2v) is 4.80. The van der Waals surface area contributed by atoms with Crippen molar-refractivity contribution in [2.75, 3.05) is 13.2 Å². The Morgan fingerprint density at radius 3 is 2.78 bits per heavy atom. The van der Waals surface area contributed by atoms with E-state index < -0.39 is 0 Å². The zero-order chi connectivity index (χ0) is 12.4. The Morgan fingerprint density at radius 1 is 1.17 bits per heavy atom. The minimum absolute atomic E-state index is 0.477. The Balaban J connectivity index is 1.84. The summed E-state index contributed by atoms with van der Waals surface area (Å²) in [5.74, 6) is 0. The van der Waals surface area contributed by atoms with Crippen molar-refractivity contribution in [1.82, 2.24) is 14.8 Å². The third-order valence-electron chi connectivity index (χ3n) is 3.37. The molecule has 0 atom stereocenters. The Bertz CT molecular complexity index is 529. The number of nitrogens with zero attached hydrogens (tertiary/aromatic N) is 3. The molecule has 2 aromatic heterocycles. The minimum Gasteiger partial charge on any atom is -0.381 e. The molecule has 3 rings (SSSR count). The van der Waals surface area contributed by atoms with E-state index >= 15 is 0 Å². The molecule has 1 saturated heterocycles. The van der Waals surface area contributed by atoms with Gasteiger partial charge in [-0.3, -0.25) is 9.67 Å². The zero-order valence-corrected chi connectivity index (χ0v) is 10.5. The SMILES string of the molecule is Cc1cncc(-c2cnn(C3CCOCC3)c2)c1. The molecule has 3 heterocycles. The molecular weight excluding hydrogens is 226 g/mol. The van der Waals surface area contributed by atoms with E-state index in [1.807, 2.05) is 18.6 Å². The third kappa shape index (κ3) is 2.29. The van der Waals surface area contributed by atoms with Crippen LogP contribution in [0.1, 0.15) is 24.4 Å². The summed E-state index contributed by atoms with van der Waals surface area (Å²) in [6, 6.07) is 2.61. The predicted octanol–water partition coefficient (Wildman–Crippen LogP) is 2.61. The van der Waals surface area contributed by atoms with E-state index in [1.54, 1.807) is 0 Å². The summed E-state index contributed by atoms with van der Waals surface area (Å²) in [5.41, 5.74) is 3.44. The molecule has 94 valence electrons. The van der Waals surface area contributed by atoms with Crippen LogP contribution in [0.15, 0.2) is 30.9 Å². The Hall–Kier alpha value is -1.68. The molecule has 0 saturated carbocycles. The van der Waals surface area contributed by atoms with Crippen molar-refractivity contribution in [1.29, 1.82) is 0 Å². The average Bonchev–Trinajstić information content (AvgIpc) is 2.89. The summed E-state index contributed by atoms with van der Waals surface area (Å²) in [4.78, 5) is 4.23. The lowest BCUT2D eigenvalue weighted by atomic mass is 10.1. The molecule has 4 nitrogen and oxygen atoms in total. The molecule has 1 fully saturated rings. The highest BCUT2D eigenvalue weighted by atomic mass is 16.5. The van der Waals surface area contributed by atoms with Gasteiger partial charge in [-0.25, -0.2) is 0 Å². The molecule has 2 aromatic rings. The number of pyridine rings is 1. The normalized spacial score (nSPS) is 16.9. The van der Waals surface area contributed by atoms with Crippen molar-refractivity contribution in [3.63, 3.8) is 0 Å². The van der Waals surface area contributed by atoms with Crippen LogP contribution in [0.3, 0.4) is 0 Å². The first-order valence-electron chi connectivity index (χ1n) is 6.37. The van der Waals surface area contributed by atoms with Crippen molar-refractivity contribution >= 4 is 0 Å². The first-order chi connectivity index (χ1) is 8.83. The molecule has 18 heavy (non-hydrogen) atoms. The number of aromatic nitrogens is 3. The average molecular weight is 243 g/mol. The van der Waals surface area contributed by atoms with E-state index in [1.165, 1.54) is 5.56 Å². The highest BCUT2D eigenvalue weighted by Gasteiger charge is 2.16. The highest BCUT2D eigenvalue weighted by molar-refractivity contribution is 5.61. The van der Waals surface area contributed by atoms with Gasteiger partial charge in [-0.05, 0) is 31.4 Å². The van der Waals surface area contributed by atoms with Gasteiger partial charge < -0.3 is 4.74 Å². The van der Waals surface area contributed by atoms with Gasteiger partial charge in [0.05, 0.1) is 12.2 Å². The molecule has 0 aromatic carbocycles. The van der Waals surface area contributed by atoms with E-state index in [-0.39, 0.29) is 0 Å². The number of ether oxygens (including phenoxy) is 1. The molecule has 0 aliphatic carbocycles. The molecule has 4 heteroatoms. The fourth-order valence-corrected chi connectivity index (χ4v) is 2.35. The van der Waals surface area contributed by atoms with Gasteiger partial charge in [-0.1, -0.05) is 0 Å². The number of hydrogen-bond donors (Lipinski definition) is 0. The largest absolute Gasteiger partial charge is 0.381 e. The fourth-order valence-electron chi connectivity index (χ4n) is 2.35. The molecule has 0 unspecified atom stereocenters. The van der Waals surface area contributed by atoms with Crippen molar-refractivity contribution in [2.24, 2.45) is 0 Å². The Morgan fingerprint density at radius 2 is 2.00 bits per heavy atom. The van der Waals surface area contributed by atoms with E-state index in [0.29, 0.717) is 6.04 Å². The van der Waals surface area contributed by atoms with E-state index in [2.05, 4.69) is 34.0 Å². The number of hydrogen-bond acceptors (Lipinski definition) is 3. The van der Waals surface area contributed by atoms with Gasteiger partial charge in [0.2, 0.25) is 0 Å². The maximum atomic E-state index is 5.38. The standard InChI is InChI=1S/C14H17N3O/c1-11-6-12(8-15-7-11)13-9-16-17(10-13)14-2-4-18-5-3-14/h6-10,14H,2-5H2,1H3. The van der Waals surface area contributed by atoms with Crippen LogP contribution in [-0.2, 0) is 4.74 Å². The van der Waals surface area contributed by atoms with Crippen molar-refractivity contribution in [2.45, 2.75) is 25.8 Å². The van der Waals surface area contributed by atoms with Gasteiger partial charge in [0.1, 0.15) is 0 Å². The highest BCUT2D eigenvalue weighted by Crippen LogP contribution is 2.24. The first kappa shape index (κ1) is 11.4. The molecule has 1 aliphatic rings. The van der Waals surface area contributed by atoms with Gasteiger partial charge in [0.15, 0.2) is 0 Å². The Labute approximate surface area is 107 Å². The van der Waals surface area contributed by atoms with Crippen molar-refractivity contribution < 1.29 is 4.74 Å². The second-order valence-electron chi connectivity index (χ2n) is 4.80. The molecule has 0 amide bonds. The summed E-state index contributed by atoms with van der Waals surface area (Å²) < 4.78 is 7.45. The zero-order valence-electron chi connectivity index (χ0n) is 10.5. The summed E-state index contributed by atoms with van der Waals surface area (Å²) in [7, 11) is 0. The van der Waals surface area contributed by atoms with E-state index in [0.717, 1.165) is 37.2 Å². The predicted molar refractivity (Wildman–Crippen MR) is 69.3 cm³/mol. The summed E-state index contributed by atoms with van der Waals surface area (Å²) in [5, 5.41) is 4.48. The fraction of sp³-hybridized carbons (Fsp3) is 0.429. The summed E-state index contributed by atoms with van der Waals surface area (Å²) in [6.45, 7) is 3.73. The molecule has 0 spiro atoms. The van der Waals surface area contributed by atoms with Crippen LogP contribution in [0.2, 0.25) is 0 Å². The molecular formula is C14H17N3O. The van der Waals surface area contributed by atoms with Crippen LogP contribution < -0.4 is 0 Å². The monoisotopic (exact) mass is 243 g/mol. The van der Waals surface area contributed by atoms with Gasteiger partial charge >= 0.3 is 0 Å². The number of rotatable bonds is 2. The van der Waals surface area contributed by atoms with Crippen LogP contribution in [0.5, 0.6) is 0 Å². The van der Waals surface area contributed by atoms with Crippen LogP contribution in [0, 0.1) is 6.92 Å². The molecule has 1 aliphatic heterocycles. The van der Waals surface area contributed by atoms with E-state index in [4.69, 9.17) is 4.74 Å². The summed E-state index contributed by atoms with van der Waals surface area (Å²) in [6.07, 6.45) is 9.89. The topological polar surface area (TPSA) is 39.9 Å². The van der Waals surface area contributed by atoms with Crippen molar-refractivity contribution in [3.8, 4) is 11.1 Å². The maximum Gasteiger partial charge on any atom is 0.0569 e. The number of aryl methyl sites for hydroxylation is 1. The first-order valence-corrected chi connectivity index (χ1v) is 6.37. The molecule has 0 bridgehead atoms. The Kier molecular flexibility index (Phi) is 3.11. The molecule has 0 N–H and O–H groups in total. The van der Waals surface area contributed by atoms with Gasteiger partial charge in [0, 0.05) is 42.9 Å². The smallest absolute Gasteiger partial charge is 0.0569 e. The van der Waals surface area contributed by atoms with Gasteiger partial charge in [-0.15, -0.1) is 0 Å². The second kappa shape index (κ2) is 4.90. The van der Waals surface area contributed by atoms with Crippen LogP contribution in [0.4, 0.5) is 0 Å². The van der Waals surface area contributed by atoms with Crippen LogP contribution in [-0.4, -0.2) is 28.0 Å². The quantitative estimate of drug-likeness (QED) is 0.814. The third-order valence-corrected chi connectivity index (χ3v) is 3.37. The lowest BCUT2D eigenvalue weighted by Crippen LogP contribution is -2.19. The van der Waals surface area contributed by atoms with Crippen LogP contribution in [0.25, 0.3) is 11.1 Å². The van der Waals surface area contributed by atoms with Gasteiger partial charge in [-0.2, -0.15) is 5.10 Å². The maximum absolute atomic E-state index is 5.38. The van der Waals surface area contributed by atoms with E-state index in [9.17, 15) is 0 Å². The van der Waals surface area contributed by atoms with Gasteiger partial charge in [0.25, 0.3) is 0 Å². The lowest BCUT2D eigenvalue weighted by molar-refractivity contribution is 0.0662.